The van der Waals surface area contributed by atoms with E-state index in [0.717, 1.165) is 10.8 Å². The first-order chi connectivity index (χ1) is 9.42. The molecule has 0 spiro atoms. The van der Waals surface area contributed by atoms with E-state index in [1.807, 2.05) is 0 Å². The quantitative estimate of drug-likeness (QED) is 0.409. The summed E-state index contributed by atoms with van der Waals surface area (Å²) in [7, 11) is 1.17. The molecule has 1 aromatic heterocycles. The van der Waals surface area contributed by atoms with Gasteiger partial charge in [-0.1, -0.05) is 6.92 Å². The summed E-state index contributed by atoms with van der Waals surface area (Å²) in [4.78, 5) is 44.9. The molecule has 0 atom stereocenters. The van der Waals surface area contributed by atoms with E-state index < -0.39 is 27.8 Å². The molecule has 1 rings (SSSR count). The lowest BCUT2D eigenvalue weighted by atomic mass is 10.4. The highest BCUT2D eigenvalue weighted by Gasteiger charge is 2.20. The Morgan fingerprint density at radius 2 is 2.05 bits per heavy atom. The number of hydrogen-bond donors (Lipinski definition) is 0. The molecule has 0 saturated carbocycles. The number of nitrogens with zero attached hydrogens (tertiary/aromatic N) is 3. The lowest BCUT2D eigenvalue weighted by Crippen LogP contribution is -2.41. The summed E-state index contributed by atoms with van der Waals surface area (Å²) in [5.41, 5.74) is -2.38. The Balaban J connectivity index is 3.32. The molecule has 0 amide bonds. The summed E-state index contributed by atoms with van der Waals surface area (Å²) < 4.78 is 6.19. The van der Waals surface area contributed by atoms with E-state index in [2.05, 4.69) is 4.74 Å². The molecule has 0 aliphatic carbocycles. The molecule has 0 bridgehead atoms. The third-order valence-corrected chi connectivity index (χ3v) is 2.65. The van der Waals surface area contributed by atoms with Crippen LogP contribution in [0, 0.1) is 10.1 Å². The van der Waals surface area contributed by atoms with E-state index in [1.54, 1.807) is 6.92 Å². The van der Waals surface area contributed by atoms with Gasteiger partial charge in [-0.3, -0.25) is 28.8 Å². The van der Waals surface area contributed by atoms with Crippen LogP contribution in [-0.2, 0) is 22.6 Å². The van der Waals surface area contributed by atoms with Gasteiger partial charge in [-0.25, -0.2) is 4.79 Å². The van der Waals surface area contributed by atoms with Crippen molar-refractivity contribution in [1.82, 2.24) is 9.13 Å². The maximum Gasteiger partial charge on any atom is 0.350 e. The van der Waals surface area contributed by atoms with Crippen molar-refractivity contribution >= 4 is 11.7 Å². The van der Waals surface area contributed by atoms with Crippen LogP contribution >= 0.6 is 0 Å². The van der Waals surface area contributed by atoms with Crippen molar-refractivity contribution < 1.29 is 14.5 Å². The van der Waals surface area contributed by atoms with E-state index in [9.17, 15) is 24.5 Å². The number of nitro groups is 1. The van der Waals surface area contributed by atoms with Crippen LogP contribution in [0.15, 0.2) is 15.8 Å². The van der Waals surface area contributed by atoms with Crippen LogP contribution in [0.2, 0.25) is 0 Å². The fraction of sp³-hybridized carbons (Fsp3) is 0.545. The molecule has 9 nitrogen and oxygen atoms in total. The van der Waals surface area contributed by atoms with Gasteiger partial charge >= 0.3 is 22.9 Å². The number of carbonyl (C=O) groups is 1. The van der Waals surface area contributed by atoms with Gasteiger partial charge in [0.2, 0.25) is 0 Å². The molecule has 0 radical (unpaired) electrons. The summed E-state index contributed by atoms with van der Waals surface area (Å²) in [5, 5.41) is 10.8. The van der Waals surface area contributed by atoms with Crippen molar-refractivity contribution in [3.63, 3.8) is 0 Å². The molecule has 110 valence electrons. The van der Waals surface area contributed by atoms with Gasteiger partial charge in [-0.15, -0.1) is 0 Å². The standard InChI is InChI=1S/C11H15N3O6/c1-3-5-12-7-8(14(18)19)10(16)13(11(12)17)6-4-9(15)20-2/h7H,3-6H2,1-2H3. The second-order valence-corrected chi connectivity index (χ2v) is 4.03. The molecule has 0 N–H and O–H groups in total. The SMILES string of the molecule is CCCn1cc([N+](=O)[O-])c(=O)n(CCC(=O)OC)c1=O. The highest BCUT2D eigenvalue weighted by atomic mass is 16.6. The van der Waals surface area contributed by atoms with Crippen LogP contribution in [0.3, 0.4) is 0 Å². The number of aromatic nitrogens is 2. The van der Waals surface area contributed by atoms with Crippen LogP contribution in [0.25, 0.3) is 0 Å². The zero-order valence-corrected chi connectivity index (χ0v) is 11.2. The van der Waals surface area contributed by atoms with Crippen molar-refractivity contribution in [1.29, 1.82) is 0 Å². The summed E-state index contributed by atoms with van der Waals surface area (Å²) in [5.74, 6) is -0.607. The predicted molar refractivity (Wildman–Crippen MR) is 68.5 cm³/mol. The highest BCUT2D eigenvalue weighted by Crippen LogP contribution is 2.01. The number of esters is 1. The van der Waals surface area contributed by atoms with E-state index in [0.29, 0.717) is 11.0 Å². The Hall–Kier alpha value is -2.45. The predicted octanol–water partition coefficient (Wildman–Crippen LogP) is -0.109. The Labute approximate surface area is 113 Å². The second-order valence-electron chi connectivity index (χ2n) is 4.03. The Bertz CT molecular complexity index is 630. The van der Waals surface area contributed by atoms with Crippen molar-refractivity contribution in [2.75, 3.05) is 7.11 Å². The number of carbonyl (C=O) groups excluding carboxylic acids is 1. The highest BCUT2D eigenvalue weighted by molar-refractivity contribution is 5.68. The van der Waals surface area contributed by atoms with E-state index in [1.165, 1.54) is 7.11 Å². The average Bonchev–Trinajstić information content (AvgIpc) is 2.41. The zero-order valence-electron chi connectivity index (χ0n) is 11.2. The number of ether oxygens (including phenoxy) is 1. The molecule has 0 aromatic carbocycles. The fourth-order valence-corrected chi connectivity index (χ4v) is 1.67. The minimum atomic E-state index is -1.02. The van der Waals surface area contributed by atoms with Gasteiger partial charge in [0.05, 0.1) is 24.7 Å². The normalized spacial score (nSPS) is 10.3. The smallest absolute Gasteiger partial charge is 0.350 e. The molecular weight excluding hydrogens is 270 g/mol. The maximum atomic E-state index is 12.0. The lowest BCUT2D eigenvalue weighted by molar-refractivity contribution is -0.387. The van der Waals surface area contributed by atoms with Crippen molar-refractivity contribution in [3.05, 3.63) is 37.1 Å². The largest absolute Gasteiger partial charge is 0.469 e. The van der Waals surface area contributed by atoms with Crippen LogP contribution in [0.5, 0.6) is 0 Å². The number of rotatable bonds is 6. The Morgan fingerprint density at radius 3 is 2.55 bits per heavy atom. The topological polar surface area (TPSA) is 113 Å². The first-order valence-corrected chi connectivity index (χ1v) is 5.97. The number of hydrogen-bond acceptors (Lipinski definition) is 6. The fourth-order valence-electron chi connectivity index (χ4n) is 1.67. The van der Waals surface area contributed by atoms with Gasteiger partial charge in [0.1, 0.15) is 0 Å². The van der Waals surface area contributed by atoms with E-state index in [-0.39, 0.29) is 19.5 Å². The van der Waals surface area contributed by atoms with Gasteiger partial charge < -0.3 is 4.74 Å². The minimum absolute atomic E-state index is 0.209. The first-order valence-electron chi connectivity index (χ1n) is 5.97. The first kappa shape index (κ1) is 15.6. The zero-order chi connectivity index (χ0) is 15.3. The molecular formula is C11H15N3O6. The van der Waals surface area contributed by atoms with Gasteiger partial charge in [-0.2, -0.15) is 0 Å². The lowest BCUT2D eigenvalue weighted by Gasteiger charge is -2.08. The molecule has 1 heterocycles. The Kier molecular flexibility index (Phi) is 5.18. The molecule has 0 aliphatic heterocycles. The molecule has 9 heteroatoms. The summed E-state index contributed by atoms with van der Waals surface area (Å²) >= 11 is 0. The van der Waals surface area contributed by atoms with E-state index in [4.69, 9.17) is 0 Å². The molecule has 1 aromatic rings. The molecule has 0 aliphatic rings. The summed E-state index contributed by atoms with van der Waals surface area (Å²) in [6.07, 6.45) is 1.30. The second kappa shape index (κ2) is 6.64. The van der Waals surface area contributed by atoms with Gasteiger partial charge in [0.25, 0.3) is 0 Å². The molecule has 20 heavy (non-hydrogen) atoms. The third-order valence-electron chi connectivity index (χ3n) is 2.65. The van der Waals surface area contributed by atoms with Gasteiger partial charge in [0.15, 0.2) is 0 Å². The molecule has 0 saturated heterocycles. The van der Waals surface area contributed by atoms with Crippen molar-refractivity contribution in [2.45, 2.75) is 32.9 Å². The summed E-state index contributed by atoms with van der Waals surface area (Å²) in [6, 6.07) is 0. The number of methoxy groups -OCH3 is 1. The van der Waals surface area contributed by atoms with Crippen LogP contribution < -0.4 is 11.2 Å². The van der Waals surface area contributed by atoms with Crippen molar-refractivity contribution in [2.24, 2.45) is 0 Å². The Morgan fingerprint density at radius 1 is 1.40 bits per heavy atom. The summed E-state index contributed by atoms with van der Waals surface area (Å²) in [6.45, 7) is 1.79. The van der Waals surface area contributed by atoms with E-state index >= 15 is 0 Å². The van der Waals surface area contributed by atoms with Crippen molar-refractivity contribution in [3.8, 4) is 0 Å². The van der Waals surface area contributed by atoms with Gasteiger partial charge in [0, 0.05) is 13.1 Å². The average molecular weight is 285 g/mol. The monoisotopic (exact) mass is 285 g/mol. The van der Waals surface area contributed by atoms with Crippen LogP contribution in [0.1, 0.15) is 19.8 Å². The van der Waals surface area contributed by atoms with Crippen LogP contribution in [-0.4, -0.2) is 27.1 Å². The minimum Gasteiger partial charge on any atom is -0.469 e. The molecule has 0 unspecified atom stereocenters. The van der Waals surface area contributed by atoms with Gasteiger partial charge in [-0.05, 0) is 6.42 Å². The number of aryl methyl sites for hydroxylation is 1. The maximum absolute atomic E-state index is 12.0. The molecule has 0 fully saturated rings. The third kappa shape index (κ3) is 3.31. The van der Waals surface area contributed by atoms with Crippen LogP contribution in [0.4, 0.5) is 5.69 Å².